The van der Waals surface area contributed by atoms with Crippen LogP contribution >= 0.6 is 24.0 Å². The highest BCUT2D eigenvalue weighted by Gasteiger charge is 2.39. The SMILES string of the molecule is CN(C)N1C(=O)C(c2ccccc2)SC1=S. The van der Waals surface area contributed by atoms with Crippen molar-refractivity contribution in [2.45, 2.75) is 5.25 Å². The average molecular weight is 252 g/mol. The summed E-state index contributed by atoms with van der Waals surface area (Å²) in [6, 6.07) is 9.72. The van der Waals surface area contributed by atoms with Crippen LogP contribution < -0.4 is 0 Å². The maximum atomic E-state index is 12.1. The zero-order valence-corrected chi connectivity index (χ0v) is 10.7. The number of thioether (sulfide) groups is 1. The summed E-state index contributed by atoms with van der Waals surface area (Å²) in [5, 5.41) is 3.06. The van der Waals surface area contributed by atoms with E-state index in [1.165, 1.54) is 16.8 Å². The molecule has 1 unspecified atom stereocenters. The first-order valence-corrected chi connectivity index (χ1v) is 6.17. The van der Waals surface area contributed by atoms with Crippen molar-refractivity contribution >= 4 is 34.2 Å². The number of hydrogen-bond donors (Lipinski definition) is 0. The molecule has 0 aromatic heterocycles. The Morgan fingerprint density at radius 1 is 1.31 bits per heavy atom. The Balaban J connectivity index is 2.28. The van der Waals surface area contributed by atoms with Gasteiger partial charge in [0.1, 0.15) is 5.25 Å². The first kappa shape index (κ1) is 11.6. The van der Waals surface area contributed by atoms with Crippen molar-refractivity contribution in [3.05, 3.63) is 35.9 Å². The van der Waals surface area contributed by atoms with Crippen molar-refractivity contribution in [1.29, 1.82) is 0 Å². The van der Waals surface area contributed by atoms with Crippen LogP contribution in [0.25, 0.3) is 0 Å². The lowest BCUT2D eigenvalue weighted by Gasteiger charge is -2.22. The van der Waals surface area contributed by atoms with Crippen LogP contribution in [0.3, 0.4) is 0 Å². The van der Waals surface area contributed by atoms with Gasteiger partial charge >= 0.3 is 0 Å². The Morgan fingerprint density at radius 2 is 1.94 bits per heavy atom. The molecule has 84 valence electrons. The fourth-order valence-corrected chi connectivity index (χ4v) is 3.19. The molecule has 16 heavy (non-hydrogen) atoms. The van der Waals surface area contributed by atoms with Gasteiger partial charge in [-0.05, 0) is 5.56 Å². The molecule has 1 saturated heterocycles. The van der Waals surface area contributed by atoms with E-state index in [4.69, 9.17) is 12.2 Å². The summed E-state index contributed by atoms with van der Waals surface area (Å²) in [6.07, 6.45) is 0. The zero-order valence-electron chi connectivity index (χ0n) is 9.08. The molecule has 1 atom stereocenters. The van der Waals surface area contributed by atoms with Crippen molar-refractivity contribution in [1.82, 2.24) is 10.0 Å². The molecular formula is C11H12N2OS2. The van der Waals surface area contributed by atoms with Crippen LogP contribution in [0.4, 0.5) is 0 Å². The third-order valence-electron chi connectivity index (χ3n) is 2.33. The minimum Gasteiger partial charge on any atom is -0.271 e. The van der Waals surface area contributed by atoms with Gasteiger partial charge in [-0.1, -0.05) is 54.3 Å². The van der Waals surface area contributed by atoms with E-state index in [9.17, 15) is 4.79 Å². The molecule has 0 N–H and O–H groups in total. The molecule has 5 heteroatoms. The first-order valence-electron chi connectivity index (χ1n) is 4.88. The van der Waals surface area contributed by atoms with Crippen molar-refractivity contribution in [2.75, 3.05) is 14.1 Å². The van der Waals surface area contributed by atoms with E-state index in [1.807, 2.05) is 44.4 Å². The molecular weight excluding hydrogens is 240 g/mol. The number of rotatable bonds is 2. The molecule has 1 aliphatic rings. The van der Waals surface area contributed by atoms with E-state index in [2.05, 4.69) is 0 Å². The van der Waals surface area contributed by atoms with Gasteiger partial charge in [0.25, 0.3) is 5.91 Å². The van der Waals surface area contributed by atoms with Crippen molar-refractivity contribution in [3.8, 4) is 0 Å². The quantitative estimate of drug-likeness (QED) is 0.752. The van der Waals surface area contributed by atoms with Crippen LogP contribution in [-0.4, -0.2) is 34.3 Å². The second-order valence-electron chi connectivity index (χ2n) is 3.67. The Hall–Kier alpha value is -0.910. The van der Waals surface area contributed by atoms with Crippen molar-refractivity contribution in [3.63, 3.8) is 0 Å². The standard InChI is InChI=1S/C11H12N2OS2/c1-12(2)13-10(14)9(16-11(13)15)8-6-4-3-5-7-8/h3-7,9H,1-2H3. The van der Waals surface area contributed by atoms with Gasteiger partial charge in [-0.15, -0.1) is 0 Å². The highest BCUT2D eigenvalue weighted by molar-refractivity contribution is 8.24. The second-order valence-corrected chi connectivity index (χ2v) is 5.41. The average Bonchev–Trinajstić information content (AvgIpc) is 2.55. The van der Waals surface area contributed by atoms with Crippen LogP contribution in [0.2, 0.25) is 0 Å². The number of carbonyl (C=O) groups is 1. The van der Waals surface area contributed by atoms with Gasteiger partial charge in [-0.3, -0.25) is 4.79 Å². The van der Waals surface area contributed by atoms with E-state index >= 15 is 0 Å². The van der Waals surface area contributed by atoms with Crippen LogP contribution in [0.15, 0.2) is 30.3 Å². The number of hydrazine groups is 1. The van der Waals surface area contributed by atoms with Gasteiger partial charge in [0.15, 0.2) is 4.32 Å². The highest BCUT2D eigenvalue weighted by Crippen LogP contribution is 2.39. The summed E-state index contributed by atoms with van der Waals surface area (Å²) >= 11 is 6.63. The molecule has 3 nitrogen and oxygen atoms in total. The highest BCUT2D eigenvalue weighted by atomic mass is 32.2. The molecule has 0 radical (unpaired) electrons. The van der Waals surface area contributed by atoms with Crippen molar-refractivity contribution < 1.29 is 4.79 Å². The molecule has 1 fully saturated rings. The van der Waals surface area contributed by atoms with Gasteiger partial charge in [0.2, 0.25) is 0 Å². The Kier molecular flexibility index (Phi) is 3.28. The smallest absolute Gasteiger partial charge is 0.260 e. The number of benzene rings is 1. The molecule has 2 rings (SSSR count). The number of amides is 1. The van der Waals surface area contributed by atoms with Crippen LogP contribution in [-0.2, 0) is 4.79 Å². The fourth-order valence-electron chi connectivity index (χ4n) is 1.60. The molecule has 1 aromatic rings. The van der Waals surface area contributed by atoms with Gasteiger partial charge in [-0.25, -0.2) is 10.0 Å². The van der Waals surface area contributed by atoms with Crippen LogP contribution in [0, 0.1) is 0 Å². The first-order chi connectivity index (χ1) is 7.61. The number of thiocarbonyl (C=S) groups is 1. The number of hydrogen-bond acceptors (Lipinski definition) is 4. The summed E-state index contributed by atoms with van der Waals surface area (Å²) in [5.74, 6) is 0.0335. The van der Waals surface area contributed by atoms with Crippen molar-refractivity contribution in [2.24, 2.45) is 0 Å². The van der Waals surface area contributed by atoms with Gasteiger partial charge in [-0.2, -0.15) is 0 Å². The normalized spacial score (nSPS) is 20.9. The van der Waals surface area contributed by atoms with Gasteiger partial charge < -0.3 is 0 Å². The Bertz CT molecular complexity index is 419. The molecule has 0 bridgehead atoms. The minimum atomic E-state index is -0.198. The predicted octanol–water partition coefficient (Wildman–Crippen LogP) is 2.06. The maximum absolute atomic E-state index is 12.1. The molecule has 1 aliphatic heterocycles. The second kappa shape index (κ2) is 4.53. The van der Waals surface area contributed by atoms with E-state index in [1.54, 1.807) is 5.01 Å². The Labute approximate surface area is 104 Å². The molecule has 0 spiro atoms. The molecule has 0 aliphatic carbocycles. The number of nitrogens with zero attached hydrogens (tertiary/aromatic N) is 2. The van der Waals surface area contributed by atoms with Crippen LogP contribution in [0.5, 0.6) is 0 Å². The fraction of sp³-hybridized carbons (Fsp3) is 0.273. The molecule has 1 heterocycles. The largest absolute Gasteiger partial charge is 0.271 e. The van der Waals surface area contributed by atoms with Gasteiger partial charge in [0.05, 0.1) is 0 Å². The summed E-state index contributed by atoms with van der Waals surface area (Å²) in [4.78, 5) is 12.1. The summed E-state index contributed by atoms with van der Waals surface area (Å²) in [6.45, 7) is 0. The topological polar surface area (TPSA) is 23.6 Å². The van der Waals surface area contributed by atoms with Gasteiger partial charge in [0, 0.05) is 14.1 Å². The lowest BCUT2D eigenvalue weighted by atomic mass is 10.1. The van der Waals surface area contributed by atoms with Crippen LogP contribution in [0.1, 0.15) is 10.8 Å². The number of carbonyl (C=O) groups excluding carboxylic acids is 1. The van der Waals surface area contributed by atoms with E-state index in [0.29, 0.717) is 4.32 Å². The summed E-state index contributed by atoms with van der Waals surface area (Å²) < 4.78 is 0.615. The molecule has 1 amide bonds. The minimum absolute atomic E-state index is 0.0335. The molecule has 1 aromatic carbocycles. The third-order valence-corrected chi connectivity index (χ3v) is 3.87. The lowest BCUT2D eigenvalue weighted by molar-refractivity contribution is -0.134. The third kappa shape index (κ3) is 1.98. The summed E-state index contributed by atoms with van der Waals surface area (Å²) in [5.41, 5.74) is 1.00. The molecule has 0 saturated carbocycles. The monoisotopic (exact) mass is 252 g/mol. The van der Waals surface area contributed by atoms with E-state index in [0.717, 1.165) is 5.56 Å². The maximum Gasteiger partial charge on any atom is 0.260 e. The zero-order chi connectivity index (χ0) is 11.7. The summed E-state index contributed by atoms with van der Waals surface area (Å²) in [7, 11) is 3.64. The lowest BCUT2D eigenvalue weighted by Crippen LogP contribution is -2.40. The van der Waals surface area contributed by atoms with E-state index < -0.39 is 0 Å². The van der Waals surface area contributed by atoms with E-state index in [-0.39, 0.29) is 11.2 Å². The Morgan fingerprint density at radius 3 is 2.44 bits per heavy atom. The predicted molar refractivity (Wildman–Crippen MR) is 69.9 cm³/mol.